The Morgan fingerprint density at radius 3 is 2.33 bits per heavy atom. The molecule has 0 bridgehead atoms. The van der Waals surface area contributed by atoms with Gasteiger partial charge < -0.3 is 0 Å². The van der Waals surface area contributed by atoms with Gasteiger partial charge in [-0.15, -0.1) is 0 Å². The van der Waals surface area contributed by atoms with Crippen LogP contribution in [0, 0.1) is 0 Å². The maximum Gasteiger partial charge on any atom is 0.340 e. The van der Waals surface area contributed by atoms with Crippen LogP contribution < -0.4 is 0 Å². The van der Waals surface area contributed by atoms with Crippen LogP contribution in [0.4, 0.5) is 0 Å². The van der Waals surface area contributed by atoms with E-state index < -0.39 is 21.3 Å². The third kappa shape index (κ3) is 3.68. The Labute approximate surface area is 71.7 Å². The third-order valence-corrected chi connectivity index (χ3v) is 2.89. The van der Waals surface area contributed by atoms with E-state index >= 15 is 0 Å². The van der Waals surface area contributed by atoms with E-state index in [4.69, 9.17) is 0 Å². The van der Waals surface area contributed by atoms with Crippen molar-refractivity contribution in [2.45, 2.75) is 32.4 Å². The minimum absolute atomic E-state index is 0.406. The van der Waals surface area contributed by atoms with Crippen molar-refractivity contribution in [1.82, 2.24) is 0 Å². The van der Waals surface area contributed by atoms with E-state index in [1.54, 1.807) is 6.92 Å². The van der Waals surface area contributed by atoms with E-state index in [0.717, 1.165) is 6.92 Å². The van der Waals surface area contributed by atoms with Gasteiger partial charge in [0.15, 0.2) is 0 Å². The summed E-state index contributed by atoms with van der Waals surface area (Å²) in [6, 6.07) is 0. The minimum Gasteiger partial charge on any atom is -0.282 e. The summed E-state index contributed by atoms with van der Waals surface area (Å²) >= 11 is 0. The van der Waals surface area contributed by atoms with Crippen LogP contribution >= 0.6 is 0 Å². The summed E-state index contributed by atoms with van der Waals surface area (Å²) in [4.78, 5) is 14.1. The fourth-order valence-electron chi connectivity index (χ4n) is 0.367. The van der Waals surface area contributed by atoms with Crippen LogP contribution in [0.5, 0.6) is 0 Å². The Balaban J connectivity index is 4.15. The Hall–Kier alpha value is -0.620. The Bertz CT molecular complexity index is 243. The maximum absolute atomic E-state index is 11.0. The normalized spacial score (nSPS) is 13.9. The van der Waals surface area contributed by atoms with Crippen molar-refractivity contribution in [3.63, 3.8) is 0 Å². The van der Waals surface area contributed by atoms with Gasteiger partial charge in [0.1, 0.15) is 0 Å². The average Bonchev–Trinajstić information content (AvgIpc) is 1.99. The van der Waals surface area contributed by atoms with E-state index in [0.29, 0.717) is 6.42 Å². The van der Waals surface area contributed by atoms with Crippen molar-refractivity contribution < 1.29 is 22.4 Å². The molecule has 5 nitrogen and oxygen atoms in total. The van der Waals surface area contributed by atoms with Crippen molar-refractivity contribution in [1.29, 1.82) is 0 Å². The molecular formula is C6H12O5S. The first kappa shape index (κ1) is 11.4. The minimum atomic E-state index is -3.75. The second kappa shape index (κ2) is 4.42. The molecule has 12 heavy (non-hydrogen) atoms. The summed E-state index contributed by atoms with van der Waals surface area (Å²) in [5, 5.41) is -0.670. The SMILES string of the molecule is CCC(C)S(=O)(=O)OOC(C)=O. The molecule has 0 heterocycles. The summed E-state index contributed by atoms with van der Waals surface area (Å²) in [5.74, 6) is -0.790. The quantitative estimate of drug-likeness (QED) is 0.486. The number of carbonyl (C=O) groups excluding carboxylic acids is 1. The fourth-order valence-corrected chi connectivity index (χ4v) is 1.10. The van der Waals surface area contributed by atoms with Crippen LogP contribution in [0.3, 0.4) is 0 Å². The zero-order valence-electron chi connectivity index (χ0n) is 7.23. The van der Waals surface area contributed by atoms with Crippen LogP contribution in [-0.4, -0.2) is 19.6 Å². The number of carbonyl (C=O) groups is 1. The van der Waals surface area contributed by atoms with E-state index in [1.807, 2.05) is 0 Å². The first-order valence-electron chi connectivity index (χ1n) is 3.50. The molecule has 0 spiro atoms. The molecule has 0 aliphatic carbocycles. The summed E-state index contributed by atoms with van der Waals surface area (Å²) in [6.07, 6.45) is 0.406. The molecule has 0 amide bonds. The molecule has 0 aliphatic heterocycles. The van der Waals surface area contributed by atoms with E-state index in [9.17, 15) is 13.2 Å². The van der Waals surface area contributed by atoms with Gasteiger partial charge in [0.05, 0.1) is 5.25 Å². The zero-order chi connectivity index (χ0) is 9.78. The Morgan fingerprint density at radius 1 is 1.50 bits per heavy atom. The van der Waals surface area contributed by atoms with Crippen molar-refractivity contribution in [3.05, 3.63) is 0 Å². The molecule has 0 aliphatic rings. The molecule has 0 N–H and O–H groups in total. The summed E-state index contributed by atoms with van der Waals surface area (Å²) < 4.78 is 25.9. The molecule has 0 rings (SSSR count). The Kier molecular flexibility index (Phi) is 4.19. The zero-order valence-corrected chi connectivity index (χ0v) is 8.05. The van der Waals surface area contributed by atoms with Crippen LogP contribution in [0.25, 0.3) is 0 Å². The molecular weight excluding hydrogens is 184 g/mol. The van der Waals surface area contributed by atoms with E-state index in [2.05, 4.69) is 9.22 Å². The molecule has 6 heteroatoms. The molecule has 0 radical (unpaired) electrons. The lowest BCUT2D eigenvalue weighted by Crippen LogP contribution is -2.20. The number of hydrogen-bond acceptors (Lipinski definition) is 5. The summed E-state index contributed by atoms with van der Waals surface area (Å²) in [5.41, 5.74) is 0. The maximum atomic E-state index is 11.0. The van der Waals surface area contributed by atoms with Gasteiger partial charge in [-0.25, -0.2) is 4.79 Å². The predicted octanol–water partition coefficient (Wildman–Crippen LogP) is 0.609. The van der Waals surface area contributed by atoms with Gasteiger partial charge >= 0.3 is 16.1 Å². The fraction of sp³-hybridized carbons (Fsp3) is 0.833. The summed E-state index contributed by atoms with van der Waals surface area (Å²) in [6.45, 7) is 4.23. The van der Waals surface area contributed by atoms with E-state index in [-0.39, 0.29) is 0 Å². The van der Waals surface area contributed by atoms with Crippen molar-refractivity contribution in [3.8, 4) is 0 Å². The monoisotopic (exact) mass is 196 g/mol. The summed E-state index contributed by atoms with van der Waals surface area (Å²) in [7, 11) is -3.75. The predicted molar refractivity (Wildman–Crippen MR) is 41.5 cm³/mol. The third-order valence-electron chi connectivity index (χ3n) is 1.31. The number of rotatable bonds is 4. The van der Waals surface area contributed by atoms with Crippen LogP contribution in [-0.2, 0) is 24.1 Å². The molecule has 1 atom stereocenters. The lowest BCUT2D eigenvalue weighted by atomic mass is 10.4. The molecule has 0 fully saturated rings. The molecule has 0 aromatic heterocycles. The highest BCUT2D eigenvalue weighted by molar-refractivity contribution is 7.87. The largest absolute Gasteiger partial charge is 0.340 e. The molecule has 0 aromatic rings. The van der Waals surface area contributed by atoms with Crippen molar-refractivity contribution in [2.24, 2.45) is 0 Å². The molecule has 0 saturated heterocycles. The van der Waals surface area contributed by atoms with Gasteiger partial charge in [0, 0.05) is 6.92 Å². The molecule has 1 unspecified atom stereocenters. The first-order valence-corrected chi connectivity index (χ1v) is 4.97. The van der Waals surface area contributed by atoms with E-state index in [1.165, 1.54) is 6.92 Å². The highest BCUT2D eigenvalue weighted by Gasteiger charge is 2.22. The van der Waals surface area contributed by atoms with Gasteiger partial charge in [-0.3, -0.25) is 4.89 Å². The van der Waals surface area contributed by atoms with Crippen LogP contribution in [0.15, 0.2) is 0 Å². The second-order valence-electron chi connectivity index (χ2n) is 2.35. The smallest absolute Gasteiger partial charge is 0.282 e. The average molecular weight is 196 g/mol. The second-order valence-corrected chi connectivity index (χ2v) is 4.28. The van der Waals surface area contributed by atoms with Crippen molar-refractivity contribution in [2.75, 3.05) is 0 Å². The Morgan fingerprint density at radius 2 is 2.00 bits per heavy atom. The van der Waals surface area contributed by atoms with Gasteiger partial charge in [-0.05, 0) is 13.3 Å². The van der Waals surface area contributed by atoms with Gasteiger partial charge in [0.25, 0.3) is 0 Å². The van der Waals surface area contributed by atoms with Gasteiger partial charge in [-0.2, -0.15) is 8.42 Å². The molecule has 0 saturated carbocycles. The number of hydrogen-bond donors (Lipinski definition) is 0. The van der Waals surface area contributed by atoms with Crippen LogP contribution in [0.2, 0.25) is 0 Å². The van der Waals surface area contributed by atoms with Gasteiger partial charge in [-0.1, -0.05) is 11.3 Å². The highest BCUT2D eigenvalue weighted by Crippen LogP contribution is 2.07. The standard InChI is InChI=1S/C6H12O5S/c1-4-5(2)12(8,9)11-10-6(3)7/h5H,4H2,1-3H3. The lowest BCUT2D eigenvalue weighted by molar-refractivity contribution is -0.208. The highest BCUT2D eigenvalue weighted by atomic mass is 32.2. The molecule has 0 aromatic carbocycles. The molecule has 72 valence electrons. The lowest BCUT2D eigenvalue weighted by Gasteiger charge is -2.07. The topological polar surface area (TPSA) is 69.7 Å². The van der Waals surface area contributed by atoms with Gasteiger partial charge in [0.2, 0.25) is 0 Å². The van der Waals surface area contributed by atoms with Crippen molar-refractivity contribution >= 4 is 16.1 Å². The van der Waals surface area contributed by atoms with Crippen LogP contribution in [0.1, 0.15) is 27.2 Å². The first-order chi connectivity index (χ1) is 5.40.